The van der Waals surface area contributed by atoms with E-state index in [1.807, 2.05) is 36.4 Å². The Labute approximate surface area is 146 Å². The number of carbonyl (C=O) groups is 1. The van der Waals surface area contributed by atoms with Gasteiger partial charge in [-0.05, 0) is 47.9 Å². The van der Waals surface area contributed by atoms with Gasteiger partial charge in [-0.1, -0.05) is 30.3 Å². The third-order valence-corrected chi connectivity index (χ3v) is 3.87. The van der Waals surface area contributed by atoms with Crippen LogP contribution < -0.4 is 20.3 Å². The van der Waals surface area contributed by atoms with Crippen LogP contribution in [0, 0.1) is 0 Å². The molecule has 6 heteroatoms. The van der Waals surface area contributed by atoms with E-state index in [1.165, 1.54) is 11.6 Å². The van der Waals surface area contributed by atoms with Crippen LogP contribution in [0.5, 0.6) is 11.5 Å². The van der Waals surface area contributed by atoms with Gasteiger partial charge in [-0.25, -0.2) is 5.48 Å². The summed E-state index contributed by atoms with van der Waals surface area (Å²) >= 11 is 0. The van der Waals surface area contributed by atoms with Gasteiger partial charge < -0.3 is 14.8 Å². The minimum atomic E-state index is -0.547. The maximum atomic E-state index is 10.9. The van der Waals surface area contributed by atoms with Crippen LogP contribution in [0.3, 0.4) is 0 Å². The summed E-state index contributed by atoms with van der Waals surface area (Å²) in [5.41, 5.74) is 4.82. The fourth-order valence-corrected chi connectivity index (χ4v) is 2.52. The second-order valence-corrected chi connectivity index (χ2v) is 5.67. The van der Waals surface area contributed by atoms with Gasteiger partial charge in [-0.2, -0.15) is 0 Å². The fourth-order valence-electron chi connectivity index (χ4n) is 2.52. The second-order valence-electron chi connectivity index (χ2n) is 5.67. The first-order valence-electron chi connectivity index (χ1n) is 8.05. The lowest BCUT2D eigenvalue weighted by molar-refractivity contribution is -0.124. The normalized spacial score (nSPS) is 12.5. The summed E-state index contributed by atoms with van der Waals surface area (Å²) in [5.74, 6) is 1.08. The molecule has 0 bridgehead atoms. The lowest BCUT2D eigenvalue weighted by atomic mass is 10.1. The zero-order valence-electron chi connectivity index (χ0n) is 13.7. The molecule has 0 aromatic heterocycles. The molecule has 0 fully saturated rings. The Kier molecular flexibility index (Phi) is 5.66. The minimum absolute atomic E-state index is 0.299. The van der Waals surface area contributed by atoms with Crippen LogP contribution in [0.1, 0.15) is 16.7 Å². The smallest absolute Gasteiger partial charge is 0.267 e. The van der Waals surface area contributed by atoms with Crippen molar-refractivity contribution in [1.29, 1.82) is 0 Å². The van der Waals surface area contributed by atoms with Crippen LogP contribution in [-0.2, 0) is 17.8 Å². The van der Waals surface area contributed by atoms with E-state index in [0.29, 0.717) is 6.79 Å². The molecule has 0 saturated carbocycles. The Morgan fingerprint density at radius 3 is 2.64 bits per heavy atom. The van der Waals surface area contributed by atoms with Crippen LogP contribution in [-0.4, -0.2) is 24.5 Å². The lowest BCUT2D eigenvalue weighted by Gasteiger charge is -2.06. The van der Waals surface area contributed by atoms with Crippen molar-refractivity contribution in [3.63, 3.8) is 0 Å². The maximum absolute atomic E-state index is 10.9. The molecule has 1 aliphatic rings. The monoisotopic (exact) mass is 340 g/mol. The fraction of sp³-hybridized carbons (Fsp3) is 0.211. The van der Waals surface area contributed by atoms with Crippen LogP contribution in [0.15, 0.2) is 48.5 Å². The molecule has 25 heavy (non-hydrogen) atoms. The van der Waals surface area contributed by atoms with Gasteiger partial charge in [0.05, 0.1) is 0 Å². The quantitative estimate of drug-likeness (QED) is 0.312. The Hall–Kier alpha value is -2.83. The van der Waals surface area contributed by atoms with E-state index >= 15 is 0 Å². The molecule has 1 heterocycles. The van der Waals surface area contributed by atoms with Crippen molar-refractivity contribution in [3.05, 3.63) is 65.2 Å². The van der Waals surface area contributed by atoms with Gasteiger partial charge >= 0.3 is 0 Å². The van der Waals surface area contributed by atoms with E-state index in [1.54, 1.807) is 11.6 Å². The third kappa shape index (κ3) is 4.82. The molecular weight excluding hydrogens is 320 g/mol. The molecule has 0 spiro atoms. The number of fused-ring (bicyclic) bond motifs is 1. The summed E-state index contributed by atoms with van der Waals surface area (Å²) < 4.78 is 10.7. The summed E-state index contributed by atoms with van der Waals surface area (Å²) in [6.45, 7) is 1.93. The largest absolute Gasteiger partial charge is 0.454 e. The first-order valence-corrected chi connectivity index (χ1v) is 8.05. The van der Waals surface area contributed by atoms with Crippen molar-refractivity contribution in [1.82, 2.24) is 10.8 Å². The van der Waals surface area contributed by atoms with Crippen molar-refractivity contribution >= 4 is 12.0 Å². The van der Waals surface area contributed by atoms with Gasteiger partial charge in [0.1, 0.15) is 0 Å². The van der Waals surface area contributed by atoms with E-state index in [9.17, 15) is 4.79 Å². The van der Waals surface area contributed by atoms with Gasteiger partial charge in [0, 0.05) is 12.6 Å². The van der Waals surface area contributed by atoms with E-state index in [-0.39, 0.29) is 0 Å². The molecular formula is C19H20N2O4. The summed E-state index contributed by atoms with van der Waals surface area (Å²) in [4.78, 5) is 10.9. The number of benzene rings is 2. The molecule has 2 aromatic rings. The topological polar surface area (TPSA) is 79.8 Å². The molecule has 2 aromatic carbocycles. The zero-order valence-corrected chi connectivity index (χ0v) is 13.7. The highest BCUT2D eigenvalue weighted by Gasteiger charge is 2.12. The molecule has 0 aliphatic carbocycles. The third-order valence-electron chi connectivity index (χ3n) is 3.87. The van der Waals surface area contributed by atoms with Crippen molar-refractivity contribution in [2.45, 2.75) is 13.0 Å². The number of hydrogen-bond donors (Lipinski definition) is 3. The van der Waals surface area contributed by atoms with Crippen molar-refractivity contribution in [2.24, 2.45) is 0 Å². The summed E-state index contributed by atoms with van der Waals surface area (Å²) in [5, 5.41) is 11.8. The SMILES string of the molecule is O=C(C=Cc1ccc(CNCCc2ccc3c(c2)OCO3)cc1)NO. The molecule has 3 rings (SSSR count). The Bertz CT molecular complexity index is 757. The number of hydrogen-bond acceptors (Lipinski definition) is 5. The summed E-state index contributed by atoms with van der Waals surface area (Å²) in [6.07, 6.45) is 3.83. The zero-order chi connectivity index (χ0) is 17.5. The van der Waals surface area contributed by atoms with Crippen LogP contribution in [0.2, 0.25) is 0 Å². The van der Waals surface area contributed by atoms with Crippen LogP contribution >= 0.6 is 0 Å². The first-order chi connectivity index (χ1) is 12.2. The van der Waals surface area contributed by atoms with E-state index in [4.69, 9.17) is 14.7 Å². The van der Waals surface area contributed by atoms with Crippen LogP contribution in [0.25, 0.3) is 6.08 Å². The Morgan fingerprint density at radius 1 is 1.08 bits per heavy atom. The number of rotatable bonds is 7. The molecule has 3 N–H and O–H groups in total. The number of nitrogens with one attached hydrogen (secondary N) is 2. The van der Waals surface area contributed by atoms with Crippen molar-refractivity contribution in [2.75, 3.05) is 13.3 Å². The lowest BCUT2D eigenvalue weighted by Crippen LogP contribution is -2.16. The maximum Gasteiger partial charge on any atom is 0.267 e. The number of hydroxylamine groups is 1. The van der Waals surface area contributed by atoms with Gasteiger partial charge in [0.2, 0.25) is 6.79 Å². The molecule has 0 radical (unpaired) electrons. The molecule has 6 nitrogen and oxygen atoms in total. The first kappa shape index (κ1) is 17.0. The molecule has 130 valence electrons. The highest BCUT2D eigenvalue weighted by Crippen LogP contribution is 2.32. The van der Waals surface area contributed by atoms with Gasteiger partial charge in [0.15, 0.2) is 11.5 Å². The van der Waals surface area contributed by atoms with Gasteiger partial charge in [-0.15, -0.1) is 0 Å². The van der Waals surface area contributed by atoms with Gasteiger partial charge in [-0.3, -0.25) is 10.0 Å². The van der Waals surface area contributed by atoms with E-state index < -0.39 is 5.91 Å². The molecule has 0 saturated heterocycles. The Morgan fingerprint density at radius 2 is 1.84 bits per heavy atom. The average molecular weight is 340 g/mol. The van der Waals surface area contributed by atoms with Crippen LogP contribution in [0.4, 0.5) is 0 Å². The Balaban J connectivity index is 1.43. The molecule has 0 unspecified atom stereocenters. The predicted octanol–water partition coefficient (Wildman–Crippen LogP) is 2.27. The highest BCUT2D eigenvalue weighted by atomic mass is 16.7. The molecule has 1 amide bonds. The average Bonchev–Trinajstić information content (AvgIpc) is 3.12. The molecule has 1 aliphatic heterocycles. The van der Waals surface area contributed by atoms with E-state index in [2.05, 4.69) is 11.4 Å². The van der Waals surface area contributed by atoms with Crippen molar-refractivity contribution < 1.29 is 19.5 Å². The second kappa shape index (κ2) is 8.32. The summed E-state index contributed by atoms with van der Waals surface area (Å²) in [6, 6.07) is 13.9. The van der Waals surface area contributed by atoms with Crippen molar-refractivity contribution in [3.8, 4) is 11.5 Å². The summed E-state index contributed by atoms with van der Waals surface area (Å²) in [7, 11) is 0. The van der Waals surface area contributed by atoms with E-state index in [0.717, 1.165) is 42.1 Å². The number of ether oxygens (including phenoxy) is 2. The number of amides is 1. The standard InChI is InChI=1S/C19H20N2O4/c22-19(21-23)8-6-14-1-3-16(4-2-14)12-20-10-9-15-5-7-17-18(11-15)25-13-24-17/h1-8,11,20,23H,9-10,12-13H2,(H,21,22). The van der Waals surface area contributed by atoms with Gasteiger partial charge in [0.25, 0.3) is 5.91 Å². The minimum Gasteiger partial charge on any atom is -0.454 e. The molecule has 0 atom stereocenters. The number of carbonyl (C=O) groups excluding carboxylic acids is 1. The predicted molar refractivity (Wildman–Crippen MR) is 93.4 cm³/mol. The highest BCUT2D eigenvalue weighted by molar-refractivity contribution is 5.90.